The second-order valence-electron chi connectivity index (χ2n) is 19.2. The quantitative estimate of drug-likeness (QED) is 0.142. The Labute approximate surface area is 329 Å². The minimum Gasteiger partial charge on any atom is -0.310 e. The Balaban J connectivity index is 1.70. The first-order chi connectivity index (χ1) is 25.1. The zero-order valence-corrected chi connectivity index (χ0v) is 36.5. The molecular weight excluding hydrogens is 653 g/mol. The molecule has 0 radical (unpaired) electrons. The highest BCUT2D eigenvalue weighted by Crippen LogP contribution is 2.45. The van der Waals surface area contributed by atoms with Gasteiger partial charge in [0.2, 0.25) is 0 Å². The van der Waals surface area contributed by atoms with Crippen molar-refractivity contribution < 1.29 is 0 Å². The Morgan fingerprint density at radius 3 is 0.778 bits per heavy atom. The fourth-order valence-corrected chi connectivity index (χ4v) is 7.58. The smallest absolute Gasteiger partial charge is 0.0520 e. The van der Waals surface area contributed by atoms with E-state index in [4.69, 9.17) is 0 Å². The summed E-state index contributed by atoms with van der Waals surface area (Å²) in [5, 5.41) is 0. The summed E-state index contributed by atoms with van der Waals surface area (Å²) in [7, 11) is 0. The molecule has 0 aromatic heterocycles. The van der Waals surface area contributed by atoms with Gasteiger partial charge in [0.05, 0.1) is 11.4 Å². The van der Waals surface area contributed by atoms with E-state index in [-0.39, 0.29) is 21.7 Å². The minimum absolute atomic E-state index is 0.0726. The molecule has 0 amide bonds. The molecule has 2 nitrogen and oxygen atoms in total. The standard InChI is InChI=1S/C52H68N2/c1-17-51(13,14)39-19-23-43(24-20-39)53(47-35(3)31-41(32-36(47)4)49(7,8)9)45-27-29-46(30-28-45)54(44-25-21-40(22-26-44)52(15,16)18-2)48-37(5)33-42(34-38(48)6)50(10,11)12/h19-34H,17-18H2,1-16H3. The van der Waals surface area contributed by atoms with Crippen molar-refractivity contribution in [3.8, 4) is 0 Å². The lowest BCUT2D eigenvalue weighted by atomic mass is 9.82. The first-order valence-corrected chi connectivity index (χ1v) is 20.2. The summed E-state index contributed by atoms with van der Waals surface area (Å²) in [6, 6.07) is 37.3. The molecule has 0 spiro atoms. The van der Waals surface area contributed by atoms with Crippen molar-refractivity contribution in [1.82, 2.24) is 0 Å². The van der Waals surface area contributed by atoms with Crippen LogP contribution in [0, 0.1) is 27.7 Å². The number of hydrogen-bond donors (Lipinski definition) is 0. The number of benzene rings is 5. The molecule has 286 valence electrons. The maximum absolute atomic E-state index is 2.46. The van der Waals surface area contributed by atoms with E-state index in [2.05, 4.69) is 218 Å². The van der Waals surface area contributed by atoms with E-state index in [0.29, 0.717) is 0 Å². The number of nitrogens with zero attached hydrogens (tertiary/aromatic N) is 2. The SMILES string of the molecule is CCC(C)(C)c1ccc(N(c2ccc(N(c3ccc(C(C)(C)CC)cc3)c3c(C)cc(C(C)(C)C)cc3C)cc2)c2c(C)cc(C(C)(C)C)cc2C)cc1. The lowest BCUT2D eigenvalue weighted by molar-refractivity contribution is 0.506. The van der Waals surface area contributed by atoms with E-state index in [9.17, 15) is 0 Å². The largest absolute Gasteiger partial charge is 0.310 e. The number of anilines is 6. The molecule has 54 heavy (non-hydrogen) atoms. The molecule has 0 saturated heterocycles. The van der Waals surface area contributed by atoms with Gasteiger partial charge < -0.3 is 9.80 Å². The van der Waals surface area contributed by atoms with Crippen LogP contribution in [0.1, 0.15) is 140 Å². The van der Waals surface area contributed by atoms with Gasteiger partial charge in [-0.05, 0) is 155 Å². The summed E-state index contributed by atoms with van der Waals surface area (Å²) in [6.07, 6.45) is 2.19. The van der Waals surface area contributed by atoms with Crippen LogP contribution in [0.15, 0.2) is 97.1 Å². The van der Waals surface area contributed by atoms with Crippen molar-refractivity contribution in [3.63, 3.8) is 0 Å². The topological polar surface area (TPSA) is 6.48 Å². The summed E-state index contributed by atoms with van der Waals surface area (Å²) in [4.78, 5) is 4.93. The van der Waals surface area contributed by atoms with Crippen LogP contribution in [0.4, 0.5) is 34.1 Å². The monoisotopic (exact) mass is 721 g/mol. The Kier molecular flexibility index (Phi) is 11.4. The van der Waals surface area contributed by atoms with Crippen molar-refractivity contribution in [2.45, 2.75) is 145 Å². The molecule has 0 fully saturated rings. The van der Waals surface area contributed by atoms with Crippen molar-refractivity contribution in [2.24, 2.45) is 0 Å². The van der Waals surface area contributed by atoms with Gasteiger partial charge >= 0.3 is 0 Å². The van der Waals surface area contributed by atoms with Crippen LogP contribution in [0.2, 0.25) is 0 Å². The molecule has 0 heterocycles. The molecule has 5 aromatic rings. The molecule has 5 aromatic carbocycles. The molecule has 2 heteroatoms. The molecule has 5 rings (SSSR count). The Hall–Kier alpha value is -4.30. The lowest BCUT2D eigenvalue weighted by Gasteiger charge is -2.33. The van der Waals surface area contributed by atoms with Gasteiger partial charge in [-0.15, -0.1) is 0 Å². The van der Waals surface area contributed by atoms with E-state index in [1.165, 1.54) is 67.3 Å². The van der Waals surface area contributed by atoms with E-state index >= 15 is 0 Å². The highest BCUT2D eigenvalue weighted by molar-refractivity contribution is 5.85. The first-order valence-electron chi connectivity index (χ1n) is 20.2. The van der Waals surface area contributed by atoms with Gasteiger partial charge in [-0.25, -0.2) is 0 Å². The fourth-order valence-electron chi connectivity index (χ4n) is 7.58. The first kappa shape index (κ1) is 40.9. The average Bonchev–Trinajstić information content (AvgIpc) is 3.10. The second-order valence-corrected chi connectivity index (χ2v) is 19.2. The van der Waals surface area contributed by atoms with E-state index in [1.807, 2.05) is 0 Å². The van der Waals surface area contributed by atoms with Crippen LogP contribution in [-0.2, 0) is 21.7 Å². The average molecular weight is 721 g/mol. The summed E-state index contributed by atoms with van der Waals surface area (Å²) < 4.78 is 0. The predicted octanol–water partition coefficient (Wildman–Crippen LogP) is 15.8. The molecule has 0 saturated carbocycles. The third-order valence-corrected chi connectivity index (χ3v) is 12.1. The third-order valence-electron chi connectivity index (χ3n) is 12.1. The van der Waals surface area contributed by atoms with Crippen LogP contribution in [0.5, 0.6) is 0 Å². The zero-order valence-electron chi connectivity index (χ0n) is 36.5. The summed E-state index contributed by atoms with van der Waals surface area (Å²) >= 11 is 0. The summed E-state index contributed by atoms with van der Waals surface area (Å²) in [5.41, 5.74) is 18.1. The highest BCUT2D eigenvalue weighted by atomic mass is 15.2. The van der Waals surface area contributed by atoms with Crippen molar-refractivity contribution in [3.05, 3.63) is 142 Å². The predicted molar refractivity (Wildman–Crippen MR) is 239 cm³/mol. The molecular formula is C52H68N2. The van der Waals surface area contributed by atoms with Crippen molar-refractivity contribution in [2.75, 3.05) is 9.80 Å². The summed E-state index contributed by atoms with van der Waals surface area (Å²) in [6.45, 7) is 36.8. The summed E-state index contributed by atoms with van der Waals surface area (Å²) in [5.74, 6) is 0. The van der Waals surface area contributed by atoms with E-state index in [1.54, 1.807) is 0 Å². The second kappa shape index (κ2) is 15.1. The Morgan fingerprint density at radius 1 is 0.352 bits per heavy atom. The van der Waals surface area contributed by atoms with Gasteiger partial charge in [0.15, 0.2) is 0 Å². The van der Waals surface area contributed by atoms with Crippen molar-refractivity contribution in [1.29, 1.82) is 0 Å². The molecule has 0 aliphatic carbocycles. The minimum atomic E-state index is 0.0726. The maximum Gasteiger partial charge on any atom is 0.0520 e. The van der Waals surface area contributed by atoms with Crippen LogP contribution in [0.25, 0.3) is 0 Å². The molecule has 0 atom stereocenters. The normalized spacial score (nSPS) is 12.6. The fraction of sp³-hybridized carbons (Fsp3) is 0.423. The number of rotatable bonds is 10. The van der Waals surface area contributed by atoms with E-state index in [0.717, 1.165) is 24.2 Å². The van der Waals surface area contributed by atoms with Crippen LogP contribution in [-0.4, -0.2) is 0 Å². The van der Waals surface area contributed by atoms with Crippen LogP contribution in [0.3, 0.4) is 0 Å². The zero-order chi connectivity index (χ0) is 40.0. The van der Waals surface area contributed by atoms with Gasteiger partial charge in [0, 0.05) is 22.7 Å². The Bertz CT molecular complexity index is 1860. The van der Waals surface area contributed by atoms with Crippen molar-refractivity contribution >= 4 is 34.1 Å². The molecule has 0 N–H and O–H groups in total. The van der Waals surface area contributed by atoms with Gasteiger partial charge in [-0.3, -0.25) is 0 Å². The molecule has 0 unspecified atom stereocenters. The lowest BCUT2D eigenvalue weighted by Crippen LogP contribution is -2.18. The van der Waals surface area contributed by atoms with Crippen LogP contribution < -0.4 is 9.80 Å². The highest BCUT2D eigenvalue weighted by Gasteiger charge is 2.26. The molecule has 0 aliphatic heterocycles. The van der Waals surface area contributed by atoms with Gasteiger partial charge in [0.1, 0.15) is 0 Å². The van der Waals surface area contributed by atoms with Gasteiger partial charge in [-0.1, -0.05) is 132 Å². The molecule has 0 bridgehead atoms. The third kappa shape index (κ3) is 8.34. The number of hydrogen-bond acceptors (Lipinski definition) is 2. The molecule has 0 aliphatic rings. The Morgan fingerprint density at radius 2 is 0.574 bits per heavy atom. The van der Waals surface area contributed by atoms with Crippen LogP contribution >= 0.6 is 0 Å². The number of aryl methyl sites for hydroxylation is 4. The maximum atomic E-state index is 2.46. The van der Waals surface area contributed by atoms with Gasteiger partial charge in [-0.2, -0.15) is 0 Å². The van der Waals surface area contributed by atoms with Gasteiger partial charge in [0.25, 0.3) is 0 Å². The van der Waals surface area contributed by atoms with E-state index < -0.39 is 0 Å².